The zero-order valence-electron chi connectivity index (χ0n) is 21.8. The largest absolute Gasteiger partial charge is 0.480 e. The molecule has 0 aliphatic heterocycles. The SMILES string of the molecule is CCC(C)C(N)C(=O)NC(CCCCN)C(=O)NC(CCCCN)C(=O)NC(CC(C)C)C(=O)O. The normalized spacial score (nSPS) is 15.5. The number of unbranched alkanes of at least 4 members (excludes halogenated alkanes) is 2. The third-order valence-electron chi connectivity index (χ3n) is 6.04. The molecule has 35 heavy (non-hydrogen) atoms. The first-order valence-electron chi connectivity index (χ1n) is 12.8. The lowest BCUT2D eigenvalue weighted by molar-refractivity contribution is -0.142. The van der Waals surface area contributed by atoms with E-state index in [0.717, 1.165) is 0 Å². The third kappa shape index (κ3) is 13.4. The fraction of sp³-hybridized carbons (Fsp3) is 0.833. The molecule has 0 aliphatic rings. The Kier molecular flexibility index (Phi) is 16.9. The van der Waals surface area contributed by atoms with Gasteiger partial charge in [0, 0.05) is 0 Å². The van der Waals surface area contributed by atoms with Crippen LogP contribution < -0.4 is 33.2 Å². The summed E-state index contributed by atoms with van der Waals surface area (Å²) in [5.41, 5.74) is 17.2. The van der Waals surface area contributed by atoms with Gasteiger partial charge in [0.2, 0.25) is 17.7 Å². The van der Waals surface area contributed by atoms with Gasteiger partial charge in [0.05, 0.1) is 6.04 Å². The van der Waals surface area contributed by atoms with E-state index in [1.54, 1.807) is 0 Å². The number of carboxylic acid groups (broad SMARTS) is 1. The summed E-state index contributed by atoms with van der Waals surface area (Å²) in [4.78, 5) is 50.4. The molecule has 0 fully saturated rings. The Morgan fingerprint density at radius 2 is 1.17 bits per heavy atom. The molecule has 0 rings (SSSR count). The second-order valence-corrected chi connectivity index (χ2v) is 9.63. The van der Waals surface area contributed by atoms with E-state index in [-0.39, 0.29) is 18.3 Å². The van der Waals surface area contributed by atoms with Crippen LogP contribution >= 0.6 is 0 Å². The van der Waals surface area contributed by atoms with Gasteiger partial charge in [-0.2, -0.15) is 0 Å². The van der Waals surface area contributed by atoms with Crippen LogP contribution in [-0.2, 0) is 19.2 Å². The lowest BCUT2D eigenvalue weighted by Gasteiger charge is -2.26. The molecule has 0 aromatic rings. The molecule has 5 atom stereocenters. The number of carbonyl (C=O) groups excluding carboxylic acids is 3. The molecule has 0 saturated heterocycles. The van der Waals surface area contributed by atoms with Gasteiger partial charge < -0.3 is 38.3 Å². The predicted octanol–water partition coefficient (Wildman–Crippen LogP) is 0.203. The van der Waals surface area contributed by atoms with Crippen LogP contribution in [0.2, 0.25) is 0 Å². The molecule has 0 aromatic carbocycles. The highest BCUT2D eigenvalue weighted by Gasteiger charge is 2.30. The highest BCUT2D eigenvalue weighted by atomic mass is 16.4. The van der Waals surface area contributed by atoms with Crippen LogP contribution in [0.4, 0.5) is 0 Å². The molecule has 204 valence electrons. The average Bonchev–Trinajstić information content (AvgIpc) is 2.80. The number of nitrogens with two attached hydrogens (primary N) is 3. The van der Waals surface area contributed by atoms with Gasteiger partial charge in [0.25, 0.3) is 0 Å². The third-order valence-corrected chi connectivity index (χ3v) is 6.04. The summed E-state index contributed by atoms with van der Waals surface area (Å²) in [5.74, 6) is -2.67. The number of nitrogens with one attached hydrogen (secondary N) is 3. The first-order valence-corrected chi connectivity index (χ1v) is 12.8. The van der Waals surface area contributed by atoms with Crippen molar-refractivity contribution < 1.29 is 24.3 Å². The van der Waals surface area contributed by atoms with E-state index < -0.39 is 47.9 Å². The van der Waals surface area contributed by atoms with Crippen molar-refractivity contribution in [2.24, 2.45) is 29.0 Å². The molecule has 0 bridgehead atoms. The maximum absolute atomic E-state index is 13.2. The number of hydrogen-bond acceptors (Lipinski definition) is 7. The molecule has 11 heteroatoms. The molecule has 3 amide bonds. The molecule has 10 N–H and O–H groups in total. The molecule has 0 saturated carbocycles. The van der Waals surface area contributed by atoms with Crippen LogP contribution in [0.25, 0.3) is 0 Å². The highest BCUT2D eigenvalue weighted by Crippen LogP contribution is 2.10. The van der Waals surface area contributed by atoms with Gasteiger partial charge in [-0.3, -0.25) is 14.4 Å². The van der Waals surface area contributed by atoms with Crippen molar-refractivity contribution in [1.82, 2.24) is 16.0 Å². The Morgan fingerprint density at radius 3 is 1.54 bits per heavy atom. The number of carbonyl (C=O) groups is 4. The molecule has 11 nitrogen and oxygen atoms in total. The summed E-state index contributed by atoms with van der Waals surface area (Å²) in [5, 5.41) is 17.5. The van der Waals surface area contributed by atoms with Crippen LogP contribution in [0, 0.1) is 11.8 Å². The number of carboxylic acids is 1. The van der Waals surface area contributed by atoms with Crippen molar-refractivity contribution >= 4 is 23.7 Å². The first kappa shape index (κ1) is 32.8. The summed E-state index contributed by atoms with van der Waals surface area (Å²) < 4.78 is 0. The molecule has 0 aromatic heterocycles. The van der Waals surface area contributed by atoms with E-state index in [1.165, 1.54) is 0 Å². The topological polar surface area (TPSA) is 203 Å². The minimum Gasteiger partial charge on any atom is -0.480 e. The second kappa shape index (κ2) is 18.1. The van der Waals surface area contributed by atoms with E-state index >= 15 is 0 Å². The zero-order chi connectivity index (χ0) is 27.0. The van der Waals surface area contributed by atoms with E-state index in [0.29, 0.717) is 58.0 Å². The molecule has 0 spiro atoms. The molecule has 0 radical (unpaired) electrons. The maximum Gasteiger partial charge on any atom is 0.326 e. The minimum absolute atomic E-state index is 0.0542. The number of amides is 3. The van der Waals surface area contributed by atoms with Crippen molar-refractivity contribution in [3.63, 3.8) is 0 Å². The number of rotatable bonds is 19. The Bertz CT molecular complexity index is 660. The molecule has 5 unspecified atom stereocenters. The first-order chi connectivity index (χ1) is 16.5. The van der Waals surface area contributed by atoms with Crippen LogP contribution in [0.3, 0.4) is 0 Å². The summed E-state index contributed by atoms with van der Waals surface area (Å²) in [6.45, 7) is 8.39. The number of hydrogen-bond donors (Lipinski definition) is 7. The minimum atomic E-state index is -1.13. The van der Waals surface area contributed by atoms with Gasteiger partial charge in [-0.1, -0.05) is 34.1 Å². The van der Waals surface area contributed by atoms with Gasteiger partial charge in [-0.25, -0.2) is 4.79 Å². The Hall–Kier alpha value is -2.24. The molecular formula is C24H48N6O5. The van der Waals surface area contributed by atoms with Crippen molar-refractivity contribution in [2.75, 3.05) is 13.1 Å². The van der Waals surface area contributed by atoms with Crippen LogP contribution in [0.5, 0.6) is 0 Å². The van der Waals surface area contributed by atoms with Crippen molar-refractivity contribution in [2.45, 2.75) is 103 Å². The highest BCUT2D eigenvalue weighted by molar-refractivity contribution is 5.94. The zero-order valence-corrected chi connectivity index (χ0v) is 21.8. The van der Waals surface area contributed by atoms with Gasteiger partial charge in [0.1, 0.15) is 18.1 Å². The maximum atomic E-state index is 13.2. The van der Waals surface area contributed by atoms with Crippen LogP contribution in [-0.4, -0.2) is 66.1 Å². The van der Waals surface area contributed by atoms with E-state index in [9.17, 15) is 24.3 Å². The lowest BCUT2D eigenvalue weighted by Crippen LogP contribution is -2.57. The van der Waals surface area contributed by atoms with Crippen LogP contribution in [0.1, 0.15) is 79.1 Å². The van der Waals surface area contributed by atoms with Crippen LogP contribution in [0.15, 0.2) is 0 Å². The van der Waals surface area contributed by atoms with Gasteiger partial charge in [-0.15, -0.1) is 0 Å². The monoisotopic (exact) mass is 500 g/mol. The summed E-state index contributed by atoms with van der Waals surface area (Å²) in [6, 6.07) is -3.68. The summed E-state index contributed by atoms with van der Waals surface area (Å²) >= 11 is 0. The standard InChI is InChI=1S/C24H48N6O5/c1-5-16(4)20(27)23(33)29-18(11-7-9-13-26)21(31)28-17(10-6-8-12-25)22(32)30-19(24(34)35)14-15(2)3/h15-20H,5-14,25-27H2,1-4H3,(H,28,31)(H,29,33)(H,30,32)(H,34,35). The Morgan fingerprint density at radius 1 is 0.743 bits per heavy atom. The number of aliphatic carboxylic acids is 1. The van der Waals surface area contributed by atoms with Gasteiger partial charge in [-0.05, 0) is 69.9 Å². The van der Waals surface area contributed by atoms with E-state index in [4.69, 9.17) is 17.2 Å². The van der Waals surface area contributed by atoms with E-state index in [1.807, 2.05) is 27.7 Å². The summed E-state index contributed by atoms with van der Waals surface area (Å²) in [7, 11) is 0. The molecule has 0 aliphatic carbocycles. The van der Waals surface area contributed by atoms with E-state index in [2.05, 4.69) is 16.0 Å². The van der Waals surface area contributed by atoms with Crippen molar-refractivity contribution in [3.8, 4) is 0 Å². The van der Waals surface area contributed by atoms with Crippen molar-refractivity contribution in [1.29, 1.82) is 0 Å². The summed E-state index contributed by atoms with van der Waals surface area (Å²) in [6.07, 6.45) is 4.09. The fourth-order valence-electron chi connectivity index (χ4n) is 3.54. The Labute approximate surface area is 209 Å². The van der Waals surface area contributed by atoms with Gasteiger partial charge >= 0.3 is 5.97 Å². The average molecular weight is 501 g/mol. The quantitative estimate of drug-likeness (QED) is 0.122. The Balaban J connectivity index is 5.55. The molecule has 0 heterocycles. The molecular weight excluding hydrogens is 452 g/mol. The second-order valence-electron chi connectivity index (χ2n) is 9.63. The fourth-order valence-corrected chi connectivity index (χ4v) is 3.54. The van der Waals surface area contributed by atoms with Crippen molar-refractivity contribution in [3.05, 3.63) is 0 Å². The smallest absolute Gasteiger partial charge is 0.326 e. The predicted molar refractivity (Wildman–Crippen MR) is 136 cm³/mol. The lowest BCUT2D eigenvalue weighted by atomic mass is 9.98. The van der Waals surface area contributed by atoms with Gasteiger partial charge in [0.15, 0.2) is 0 Å².